The van der Waals surface area contributed by atoms with Crippen LogP contribution in [0.15, 0.2) is 0 Å². The molecule has 0 N–H and O–H groups in total. The van der Waals surface area contributed by atoms with Crippen LogP contribution in [0, 0.1) is 11.3 Å². The van der Waals surface area contributed by atoms with Gasteiger partial charge in [-0.15, -0.1) is 23.2 Å². The van der Waals surface area contributed by atoms with E-state index in [1.54, 1.807) is 13.8 Å². The summed E-state index contributed by atoms with van der Waals surface area (Å²) in [5.74, 6) is 0.259. The van der Waals surface area contributed by atoms with E-state index in [2.05, 4.69) is 0 Å². The number of carbonyl (C=O) groups is 1. The number of alkyl halides is 3. The first-order valence-corrected chi connectivity index (χ1v) is 7.87. The van der Waals surface area contributed by atoms with Gasteiger partial charge >= 0.3 is 0 Å². The normalized spacial score (nSPS) is 17.0. The van der Waals surface area contributed by atoms with E-state index >= 15 is 0 Å². The standard InChI is InChI=1S/C15H27Cl2FO/c1-5-13(15(4,16)17)11-14(3,12(2)19)9-7-6-8-10-18/h13H,5-11H2,1-4H3. The summed E-state index contributed by atoms with van der Waals surface area (Å²) >= 11 is 12.4. The predicted molar refractivity (Wildman–Crippen MR) is 81.7 cm³/mol. The highest BCUT2D eigenvalue weighted by Crippen LogP contribution is 2.42. The fourth-order valence-corrected chi connectivity index (χ4v) is 2.90. The Hall–Kier alpha value is 0.180. The van der Waals surface area contributed by atoms with Gasteiger partial charge in [0.15, 0.2) is 0 Å². The third-order valence-electron chi connectivity index (χ3n) is 4.12. The lowest BCUT2D eigenvalue weighted by Gasteiger charge is -2.35. The molecule has 1 nitrogen and oxygen atoms in total. The van der Waals surface area contributed by atoms with Gasteiger partial charge in [-0.25, -0.2) is 0 Å². The van der Waals surface area contributed by atoms with Crippen LogP contribution in [0.3, 0.4) is 0 Å². The van der Waals surface area contributed by atoms with Crippen LogP contribution in [0.25, 0.3) is 0 Å². The Balaban J connectivity index is 4.65. The smallest absolute Gasteiger partial charge is 0.135 e. The average Bonchev–Trinajstić information content (AvgIpc) is 2.30. The number of carbonyl (C=O) groups excluding carboxylic acids is 1. The van der Waals surface area contributed by atoms with E-state index in [-0.39, 0.29) is 18.4 Å². The molecule has 2 atom stereocenters. The highest BCUT2D eigenvalue weighted by atomic mass is 35.5. The third-order valence-corrected chi connectivity index (χ3v) is 4.74. The van der Waals surface area contributed by atoms with Gasteiger partial charge in [-0.1, -0.05) is 33.1 Å². The van der Waals surface area contributed by atoms with Gasteiger partial charge in [-0.2, -0.15) is 0 Å². The zero-order valence-electron chi connectivity index (χ0n) is 12.6. The molecule has 0 saturated carbocycles. The van der Waals surface area contributed by atoms with Gasteiger partial charge in [-0.3, -0.25) is 9.18 Å². The molecule has 0 heterocycles. The molecule has 0 aliphatic rings. The topological polar surface area (TPSA) is 17.1 Å². The largest absolute Gasteiger partial charge is 0.299 e. The van der Waals surface area contributed by atoms with Crippen molar-refractivity contribution in [2.75, 3.05) is 6.67 Å². The van der Waals surface area contributed by atoms with Gasteiger partial charge in [-0.05, 0) is 39.0 Å². The van der Waals surface area contributed by atoms with Crippen LogP contribution >= 0.6 is 23.2 Å². The number of Topliss-reactive ketones (excluding diaryl/α,β-unsaturated/α-hetero) is 1. The Morgan fingerprint density at radius 3 is 2.16 bits per heavy atom. The molecule has 0 rings (SSSR count). The fourth-order valence-electron chi connectivity index (χ4n) is 2.43. The molecule has 0 aliphatic heterocycles. The van der Waals surface area contributed by atoms with Crippen molar-refractivity contribution in [1.29, 1.82) is 0 Å². The lowest BCUT2D eigenvalue weighted by Crippen LogP contribution is -2.33. The number of halogens is 3. The first-order chi connectivity index (χ1) is 8.67. The highest BCUT2D eigenvalue weighted by Gasteiger charge is 2.38. The van der Waals surface area contributed by atoms with E-state index in [9.17, 15) is 9.18 Å². The van der Waals surface area contributed by atoms with Crippen molar-refractivity contribution in [3.8, 4) is 0 Å². The average molecular weight is 313 g/mol. The van der Waals surface area contributed by atoms with Gasteiger partial charge in [0.1, 0.15) is 10.1 Å². The molecule has 2 unspecified atom stereocenters. The van der Waals surface area contributed by atoms with Crippen molar-refractivity contribution in [2.24, 2.45) is 11.3 Å². The van der Waals surface area contributed by atoms with Crippen LogP contribution in [0.1, 0.15) is 66.2 Å². The third kappa shape index (κ3) is 6.94. The summed E-state index contributed by atoms with van der Waals surface area (Å²) in [5.41, 5.74) is -0.401. The van der Waals surface area contributed by atoms with E-state index in [1.165, 1.54) is 0 Å². The monoisotopic (exact) mass is 312 g/mol. The zero-order valence-corrected chi connectivity index (χ0v) is 14.1. The number of ketones is 1. The minimum absolute atomic E-state index is 0.0888. The van der Waals surface area contributed by atoms with Crippen molar-refractivity contribution in [2.45, 2.75) is 70.6 Å². The van der Waals surface area contributed by atoms with E-state index in [0.29, 0.717) is 12.8 Å². The molecule has 0 amide bonds. The Labute approximate surface area is 127 Å². The molecular formula is C15H27Cl2FO. The lowest BCUT2D eigenvalue weighted by molar-refractivity contribution is -0.127. The second-order valence-corrected chi connectivity index (χ2v) is 7.65. The molecule has 0 aromatic carbocycles. The molecule has 0 bridgehead atoms. The van der Waals surface area contributed by atoms with Crippen molar-refractivity contribution in [1.82, 2.24) is 0 Å². The maximum Gasteiger partial charge on any atom is 0.135 e. The maximum atomic E-state index is 12.1. The fraction of sp³-hybridized carbons (Fsp3) is 0.933. The SMILES string of the molecule is CCC(CC(C)(CCCCCF)C(C)=O)C(C)(Cl)Cl. The Morgan fingerprint density at radius 1 is 1.21 bits per heavy atom. The van der Waals surface area contributed by atoms with Crippen LogP contribution in [0.2, 0.25) is 0 Å². The van der Waals surface area contributed by atoms with Crippen molar-refractivity contribution in [3.05, 3.63) is 0 Å². The van der Waals surface area contributed by atoms with Crippen LogP contribution in [-0.4, -0.2) is 16.8 Å². The molecule has 0 aliphatic carbocycles. The molecule has 0 radical (unpaired) electrons. The maximum absolute atomic E-state index is 12.1. The number of unbranched alkanes of at least 4 members (excludes halogenated alkanes) is 2. The molecule has 0 aromatic rings. The second-order valence-electron chi connectivity index (χ2n) is 5.88. The zero-order chi connectivity index (χ0) is 15.1. The summed E-state index contributed by atoms with van der Waals surface area (Å²) in [5, 5.41) is 0. The Morgan fingerprint density at radius 2 is 1.79 bits per heavy atom. The number of hydrogen-bond acceptors (Lipinski definition) is 1. The molecule has 0 spiro atoms. The van der Waals surface area contributed by atoms with Gasteiger partial charge in [0.05, 0.1) is 6.67 Å². The summed E-state index contributed by atoms with van der Waals surface area (Å²) in [6.07, 6.45) is 4.60. The Bertz CT molecular complexity index is 276. The van der Waals surface area contributed by atoms with Crippen molar-refractivity contribution >= 4 is 29.0 Å². The Kier molecular flexibility index (Phi) is 8.54. The second kappa shape index (κ2) is 8.46. The molecular weight excluding hydrogens is 286 g/mol. The highest BCUT2D eigenvalue weighted by molar-refractivity contribution is 6.48. The molecule has 4 heteroatoms. The van der Waals surface area contributed by atoms with Crippen molar-refractivity contribution < 1.29 is 9.18 Å². The lowest BCUT2D eigenvalue weighted by atomic mass is 9.73. The summed E-state index contributed by atoms with van der Waals surface area (Å²) in [4.78, 5) is 11.9. The summed E-state index contributed by atoms with van der Waals surface area (Å²) < 4.78 is 11.3. The first-order valence-electron chi connectivity index (χ1n) is 7.12. The molecule has 0 aromatic heterocycles. The van der Waals surface area contributed by atoms with Gasteiger partial charge < -0.3 is 0 Å². The minimum atomic E-state index is -0.815. The minimum Gasteiger partial charge on any atom is -0.299 e. The number of rotatable bonds is 10. The predicted octanol–water partition coefficient (Wildman–Crippen LogP) is 5.72. The van der Waals surface area contributed by atoms with E-state index in [0.717, 1.165) is 25.7 Å². The van der Waals surface area contributed by atoms with Crippen molar-refractivity contribution in [3.63, 3.8) is 0 Å². The van der Waals surface area contributed by atoms with Crippen LogP contribution in [0.5, 0.6) is 0 Å². The van der Waals surface area contributed by atoms with Gasteiger partial charge in [0.2, 0.25) is 0 Å². The van der Waals surface area contributed by atoms with Crippen LogP contribution in [0.4, 0.5) is 4.39 Å². The summed E-state index contributed by atoms with van der Waals surface area (Å²) in [6.45, 7) is 7.15. The molecule has 0 fully saturated rings. The van der Waals surface area contributed by atoms with Gasteiger partial charge in [0.25, 0.3) is 0 Å². The number of hydrogen-bond donors (Lipinski definition) is 0. The molecule has 0 saturated heterocycles. The van der Waals surface area contributed by atoms with Crippen LogP contribution in [-0.2, 0) is 4.79 Å². The summed E-state index contributed by atoms with van der Waals surface area (Å²) in [7, 11) is 0. The summed E-state index contributed by atoms with van der Waals surface area (Å²) in [6, 6.07) is 0. The molecule has 19 heavy (non-hydrogen) atoms. The van der Waals surface area contributed by atoms with Gasteiger partial charge in [0, 0.05) is 5.41 Å². The van der Waals surface area contributed by atoms with E-state index in [4.69, 9.17) is 23.2 Å². The van der Waals surface area contributed by atoms with E-state index in [1.807, 2.05) is 13.8 Å². The first kappa shape index (κ1) is 19.2. The molecule has 114 valence electrons. The van der Waals surface area contributed by atoms with Crippen LogP contribution < -0.4 is 0 Å². The van der Waals surface area contributed by atoms with E-state index < -0.39 is 9.75 Å². The quantitative estimate of drug-likeness (QED) is 0.372.